The molecule has 1 heterocycles. The van der Waals surface area contributed by atoms with Crippen molar-refractivity contribution in [2.45, 2.75) is 45.1 Å². The van der Waals surface area contributed by atoms with Gasteiger partial charge in [0.25, 0.3) is 11.8 Å². The van der Waals surface area contributed by atoms with Crippen LogP contribution < -0.4 is 14.8 Å². The maximum absolute atomic E-state index is 13.0. The molecule has 0 atom stereocenters. The number of ether oxygens (including phenoxy) is 2. The molecule has 1 saturated heterocycles. The zero-order valence-electron chi connectivity index (χ0n) is 16.7. The normalized spacial score (nSPS) is 18.9. The van der Waals surface area contributed by atoms with Gasteiger partial charge in [0.2, 0.25) is 0 Å². The third-order valence-corrected chi connectivity index (χ3v) is 5.82. The maximum Gasteiger partial charge on any atom is 0.331 e. The van der Waals surface area contributed by atoms with Crippen LogP contribution in [0.15, 0.2) is 17.7 Å². The molecule has 1 aliphatic carbocycles. The van der Waals surface area contributed by atoms with Gasteiger partial charge in [0.05, 0.1) is 10.2 Å². The third-order valence-electron chi connectivity index (χ3n) is 5.02. The summed E-state index contributed by atoms with van der Waals surface area (Å²) in [5, 5.41) is 2.30. The van der Waals surface area contributed by atoms with E-state index in [-0.39, 0.29) is 18.2 Å². The Morgan fingerprint density at radius 3 is 2.63 bits per heavy atom. The van der Waals surface area contributed by atoms with Crippen molar-refractivity contribution in [3.8, 4) is 23.8 Å². The Kier molecular flexibility index (Phi) is 7.37. The Labute approximate surface area is 189 Å². The summed E-state index contributed by atoms with van der Waals surface area (Å²) >= 11 is 2.09. The van der Waals surface area contributed by atoms with Gasteiger partial charge in [-0.2, -0.15) is 0 Å². The lowest BCUT2D eigenvalue weighted by Crippen LogP contribution is -2.58. The van der Waals surface area contributed by atoms with Crippen molar-refractivity contribution in [1.29, 1.82) is 0 Å². The molecule has 8 heteroatoms. The average molecular weight is 522 g/mol. The van der Waals surface area contributed by atoms with Gasteiger partial charge in [-0.1, -0.05) is 25.2 Å². The molecule has 1 aliphatic heterocycles. The van der Waals surface area contributed by atoms with Gasteiger partial charge in [-0.3, -0.25) is 19.8 Å². The molecule has 0 bridgehead atoms. The monoisotopic (exact) mass is 522 g/mol. The lowest BCUT2D eigenvalue weighted by molar-refractivity contribution is -0.132. The SMILES string of the molecule is C#CCOc1c(I)cc(C=C2C(=O)NC(=O)N(C3CCCCC3)C2=O)cc1OCC. The van der Waals surface area contributed by atoms with Crippen LogP contribution in [0.5, 0.6) is 11.5 Å². The maximum atomic E-state index is 13.0. The summed E-state index contributed by atoms with van der Waals surface area (Å²) in [6.07, 6.45) is 11.3. The number of benzene rings is 1. The topological polar surface area (TPSA) is 84.9 Å². The zero-order chi connectivity index (χ0) is 21.7. The molecule has 4 amide bonds. The van der Waals surface area contributed by atoms with E-state index >= 15 is 0 Å². The lowest BCUT2D eigenvalue weighted by Gasteiger charge is -2.35. The molecule has 2 fully saturated rings. The van der Waals surface area contributed by atoms with Crippen molar-refractivity contribution >= 4 is 46.5 Å². The van der Waals surface area contributed by atoms with E-state index in [4.69, 9.17) is 15.9 Å². The van der Waals surface area contributed by atoms with Crippen LogP contribution in [0.2, 0.25) is 0 Å². The molecule has 0 spiro atoms. The number of hydrogen-bond acceptors (Lipinski definition) is 5. The predicted molar refractivity (Wildman–Crippen MR) is 120 cm³/mol. The molecule has 1 aromatic carbocycles. The number of nitrogens with zero attached hydrogens (tertiary/aromatic N) is 1. The van der Waals surface area contributed by atoms with E-state index in [1.165, 1.54) is 11.0 Å². The van der Waals surface area contributed by atoms with Gasteiger partial charge in [0.15, 0.2) is 11.5 Å². The number of rotatable bonds is 6. The predicted octanol–water partition coefficient (Wildman–Crippen LogP) is 3.50. The lowest BCUT2D eigenvalue weighted by atomic mass is 9.93. The Balaban J connectivity index is 1.95. The van der Waals surface area contributed by atoms with E-state index in [9.17, 15) is 14.4 Å². The van der Waals surface area contributed by atoms with E-state index in [0.717, 1.165) is 35.7 Å². The fourth-order valence-electron chi connectivity index (χ4n) is 3.70. The Morgan fingerprint density at radius 2 is 1.97 bits per heavy atom. The first-order valence-electron chi connectivity index (χ1n) is 9.89. The van der Waals surface area contributed by atoms with Crippen LogP contribution in [0.4, 0.5) is 4.79 Å². The highest BCUT2D eigenvalue weighted by Crippen LogP contribution is 2.35. The van der Waals surface area contributed by atoms with Crippen LogP contribution in [0.25, 0.3) is 6.08 Å². The van der Waals surface area contributed by atoms with E-state index in [2.05, 4.69) is 33.8 Å². The van der Waals surface area contributed by atoms with Crippen LogP contribution in [-0.2, 0) is 9.59 Å². The largest absolute Gasteiger partial charge is 0.490 e. The molecule has 0 radical (unpaired) electrons. The number of halogens is 1. The summed E-state index contributed by atoms with van der Waals surface area (Å²) in [5.74, 6) is 2.14. The van der Waals surface area contributed by atoms with E-state index in [0.29, 0.717) is 23.7 Å². The summed E-state index contributed by atoms with van der Waals surface area (Å²) < 4.78 is 12.0. The number of terminal acetylenes is 1. The van der Waals surface area contributed by atoms with Gasteiger partial charge in [0, 0.05) is 6.04 Å². The zero-order valence-corrected chi connectivity index (χ0v) is 18.9. The second-order valence-electron chi connectivity index (χ2n) is 7.04. The highest BCUT2D eigenvalue weighted by atomic mass is 127. The first-order chi connectivity index (χ1) is 14.5. The van der Waals surface area contributed by atoms with Crippen molar-refractivity contribution in [1.82, 2.24) is 10.2 Å². The van der Waals surface area contributed by atoms with Crippen molar-refractivity contribution < 1.29 is 23.9 Å². The molecule has 3 rings (SSSR count). The molecule has 1 aromatic rings. The molecular weight excluding hydrogens is 499 g/mol. The van der Waals surface area contributed by atoms with Gasteiger partial charge < -0.3 is 9.47 Å². The molecular formula is C22H23IN2O5. The minimum atomic E-state index is -0.697. The van der Waals surface area contributed by atoms with Crippen molar-refractivity contribution in [3.63, 3.8) is 0 Å². The second kappa shape index (κ2) is 9.98. The summed E-state index contributed by atoms with van der Waals surface area (Å²) in [6, 6.07) is 2.63. The highest BCUT2D eigenvalue weighted by Gasteiger charge is 2.40. The van der Waals surface area contributed by atoms with Crippen molar-refractivity contribution in [2.75, 3.05) is 13.2 Å². The summed E-state index contributed by atoms with van der Waals surface area (Å²) in [6.45, 7) is 2.34. The van der Waals surface area contributed by atoms with Crippen molar-refractivity contribution in [3.05, 3.63) is 26.8 Å². The number of carbonyl (C=O) groups excluding carboxylic acids is 3. The number of carbonyl (C=O) groups is 3. The standard InChI is InChI=1S/C22H23IN2O5/c1-3-10-30-19-17(23)12-14(13-18(19)29-4-2)11-16-20(26)24-22(28)25(21(16)27)15-8-6-5-7-9-15/h1,11-13,15H,4-10H2,2H3,(H,24,26,28). The smallest absolute Gasteiger partial charge is 0.331 e. The number of imide groups is 2. The minimum absolute atomic E-state index is 0.0734. The molecule has 1 saturated carbocycles. The number of hydrogen-bond donors (Lipinski definition) is 1. The minimum Gasteiger partial charge on any atom is -0.490 e. The molecule has 2 aliphatic rings. The summed E-state index contributed by atoms with van der Waals surface area (Å²) in [7, 11) is 0. The Hall–Kier alpha value is -2.54. The van der Waals surface area contributed by atoms with E-state index < -0.39 is 17.8 Å². The van der Waals surface area contributed by atoms with Crippen LogP contribution in [0, 0.1) is 15.9 Å². The molecule has 1 N–H and O–H groups in total. The Bertz CT molecular complexity index is 928. The number of barbiturate groups is 1. The summed E-state index contributed by atoms with van der Waals surface area (Å²) in [5.41, 5.74) is 0.517. The molecule has 0 aromatic heterocycles. The first-order valence-corrected chi connectivity index (χ1v) is 11.0. The van der Waals surface area contributed by atoms with Gasteiger partial charge in [-0.05, 0) is 66.1 Å². The van der Waals surface area contributed by atoms with Crippen molar-refractivity contribution in [2.24, 2.45) is 0 Å². The van der Waals surface area contributed by atoms with Crippen LogP contribution in [-0.4, -0.2) is 42.0 Å². The molecule has 30 heavy (non-hydrogen) atoms. The average Bonchev–Trinajstić information content (AvgIpc) is 2.71. The fraction of sp³-hybridized carbons (Fsp3) is 0.409. The van der Waals surface area contributed by atoms with E-state index in [1.807, 2.05) is 6.92 Å². The van der Waals surface area contributed by atoms with Gasteiger partial charge >= 0.3 is 6.03 Å². The summed E-state index contributed by atoms with van der Waals surface area (Å²) in [4.78, 5) is 39.0. The fourth-order valence-corrected chi connectivity index (χ4v) is 4.48. The molecule has 7 nitrogen and oxygen atoms in total. The third kappa shape index (κ3) is 4.78. The quantitative estimate of drug-likeness (QED) is 0.268. The number of nitrogens with one attached hydrogen (secondary N) is 1. The molecule has 0 unspecified atom stereocenters. The highest BCUT2D eigenvalue weighted by molar-refractivity contribution is 14.1. The van der Waals surface area contributed by atoms with Crippen LogP contribution >= 0.6 is 22.6 Å². The first kappa shape index (κ1) is 22.2. The van der Waals surface area contributed by atoms with Gasteiger partial charge in [0.1, 0.15) is 12.2 Å². The van der Waals surface area contributed by atoms with Crippen LogP contribution in [0.1, 0.15) is 44.6 Å². The number of amides is 4. The Morgan fingerprint density at radius 1 is 1.23 bits per heavy atom. The van der Waals surface area contributed by atoms with E-state index in [1.54, 1.807) is 12.1 Å². The molecule has 158 valence electrons. The van der Waals surface area contributed by atoms with Gasteiger partial charge in [-0.25, -0.2) is 4.79 Å². The van der Waals surface area contributed by atoms with Crippen LogP contribution in [0.3, 0.4) is 0 Å². The van der Waals surface area contributed by atoms with Gasteiger partial charge in [-0.15, -0.1) is 6.42 Å². The second-order valence-corrected chi connectivity index (χ2v) is 8.20. The number of urea groups is 1.